The average molecular weight is 347 g/mol. The van der Waals surface area contributed by atoms with Gasteiger partial charge in [-0.3, -0.25) is 0 Å². The van der Waals surface area contributed by atoms with Gasteiger partial charge in [0.2, 0.25) is 0 Å². The number of rotatable bonds is 2. The van der Waals surface area contributed by atoms with Crippen molar-refractivity contribution in [3.63, 3.8) is 0 Å². The van der Waals surface area contributed by atoms with Crippen molar-refractivity contribution in [2.75, 3.05) is 0 Å². The largest absolute Gasteiger partial charge is 0.203 e. The van der Waals surface area contributed by atoms with Crippen molar-refractivity contribution >= 4 is 0 Å². The third-order valence-electron chi connectivity index (χ3n) is 7.63. The first kappa shape index (κ1) is 17.5. The third kappa shape index (κ3) is 3.26. The summed E-state index contributed by atoms with van der Waals surface area (Å²) in [6.07, 6.45) is 11.4. The van der Waals surface area contributed by atoms with E-state index in [9.17, 15) is 8.78 Å². The van der Waals surface area contributed by atoms with E-state index in [1.54, 1.807) is 0 Å². The first-order valence-electron chi connectivity index (χ1n) is 10.6. The highest BCUT2D eigenvalue weighted by atomic mass is 19.2. The van der Waals surface area contributed by atoms with Crippen LogP contribution in [0.15, 0.2) is 6.07 Å². The fourth-order valence-corrected chi connectivity index (χ4v) is 5.97. The molecule has 0 amide bonds. The van der Waals surface area contributed by atoms with Crippen LogP contribution in [-0.4, -0.2) is 0 Å². The Balaban J connectivity index is 1.56. The van der Waals surface area contributed by atoms with Crippen molar-refractivity contribution in [1.29, 1.82) is 0 Å². The summed E-state index contributed by atoms with van der Waals surface area (Å²) in [5.74, 6) is 2.11. The smallest absolute Gasteiger partial charge is 0.162 e. The third-order valence-corrected chi connectivity index (χ3v) is 7.63. The molecule has 0 nitrogen and oxygen atoms in total. The summed E-state index contributed by atoms with van der Waals surface area (Å²) >= 11 is 0. The highest BCUT2D eigenvalue weighted by Gasteiger charge is 2.37. The number of halogens is 2. The summed E-state index contributed by atoms with van der Waals surface area (Å²) in [5, 5.41) is 0. The van der Waals surface area contributed by atoms with Gasteiger partial charge in [-0.25, -0.2) is 8.78 Å². The van der Waals surface area contributed by atoms with Crippen molar-refractivity contribution < 1.29 is 8.78 Å². The molecule has 0 heterocycles. The molecule has 2 saturated carbocycles. The first-order chi connectivity index (χ1) is 12.1. The van der Waals surface area contributed by atoms with Crippen molar-refractivity contribution in [2.45, 2.75) is 84.0 Å². The summed E-state index contributed by atoms with van der Waals surface area (Å²) in [7, 11) is 0. The lowest BCUT2D eigenvalue weighted by Crippen LogP contribution is -2.30. The van der Waals surface area contributed by atoms with Crippen LogP contribution in [0.25, 0.3) is 0 Å². The molecule has 1 aromatic carbocycles. The van der Waals surface area contributed by atoms with E-state index in [2.05, 4.69) is 13.8 Å². The Morgan fingerprint density at radius 1 is 0.960 bits per heavy atom. The van der Waals surface area contributed by atoms with E-state index in [4.69, 9.17) is 0 Å². The predicted octanol–water partition coefficient (Wildman–Crippen LogP) is 6.80. The van der Waals surface area contributed by atoms with Gasteiger partial charge in [0.05, 0.1) is 0 Å². The Morgan fingerprint density at radius 3 is 2.52 bits per heavy atom. The van der Waals surface area contributed by atoms with Crippen LogP contribution in [0.3, 0.4) is 0 Å². The Morgan fingerprint density at radius 2 is 1.72 bits per heavy atom. The van der Waals surface area contributed by atoms with Gasteiger partial charge in [0.1, 0.15) is 0 Å². The molecule has 1 aromatic rings. The molecular formula is C23H32F2. The molecule has 0 aliphatic heterocycles. The normalized spacial score (nSPS) is 35.1. The van der Waals surface area contributed by atoms with Gasteiger partial charge in [-0.2, -0.15) is 0 Å². The molecule has 2 fully saturated rings. The lowest BCUT2D eigenvalue weighted by atomic mass is 9.63. The summed E-state index contributed by atoms with van der Waals surface area (Å²) < 4.78 is 29.6. The van der Waals surface area contributed by atoms with Crippen LogP contribution in [0.2, 0.25) is 0 Å². The predicted molar refractivity (Wildman–Crippen MR) is 98.8 cm³/mol. The summed E-state index contributed by atoms with van der Waals surface area (Å²) in [4.78, 5) is 0. The molecule has 3 aliphatic rings. The first-order valence-corrected chi connectivity index (χ1v) is 10.6. The standard InChI is InChI=1S/C23H32F2/c1-3-15-5-7-17-12-18(9-8-16(17)11-15)21-13-19-6-4-14(2)10-20(19)22(24)23(21)25/h13-18H,3-12H2,1-2H3. The SMILES string of the molecule is CCC1CCC2CC(c3cc4c(c(F)c3F)CC(C)CC4)CCC2C1. The van der Waals surface area contributed by atoms with E-state index in [1.807, 2.05) is 6.07 Å². The van der Waals surface area contributed by atoms with Crippen LogP contribution in [-0.2, 0) is 12.8 Å². The van der Waals surface area contributed by atoms with Gasteiger partial charge in [0.15, 0.2) is 11.6 Å². The van der Waals surface area contributed by atoms with Crippen LogP contribution in [0.4, 0.5) is 8.78 Å². The average Bonchev–Trinajstić information content (AvgIpc) is 2.64. The summed E-state index contributed by atoms with van der Waals surface area (Å²) in [5.41, 5.74) is 2.45. The maximum atomic E-state index is 14.9. The summed E-state index contributed by atoms with van der Waals surface area (Å²) in [6, 6.07) is 2.04. The Labute approximate surface area is 151 Å². The quantitative estimate of drug-likeness (QED) is 0.552. The molecule has 5 atom stereocenters. The van der Waals surface area contributed by atoms with E-state index in [0.717, 1.165) is 49.0 Å². The fourth-order valence-electron chi connectivity index (χ4n) is 5.97. The van der Waals surface area contributed by atoms with E-state index >= 15 is 0 Å². The van der Waals surface area contributed by atoms with E-state index < -0.39 is 11.6 Å². The molecule has 4 rings (SSSR count). The molecule has 3 aliphatic carbocycles. The van der Waals surface area contributed by atoms with Crippen LogP contribution in [0, 0.1) is 35.3 Å². The van der Waals surface area contributed by atoms with Gasteiger partial charge in [0, 0.05) is 0 Å². The zero-order chi connectivity index (χ0) is 17.6. The van der Waals surface area contributed by atoms with Crippen LogP contribution >= 0.6 is 0 Å². The van der Waals surface area contributed by atoms with Gasteiger partial charge in [-0.05, 0) is 97.6 Å². The number of aryl methyl sites for hydroxylation is 1. The molecule has 5 unspecified atom stereocenters. The summed E-state index contributed by atoms with van der Waals surface area (Å²) in [6.45, 7) is 4.45. The van der Waals surface area contributed by atoms with Gasteiger partial charge in [-0.1, -0.05) is 32.8 Å². The highest BCUT2D eigenvalue weighted by molar-refractivity contribution is 5.38. The molecule has 25 heavy (non-hydrogen) atoms. The Hall–Kier alpha value is -0.920. The maximum absolute atomic E-state index is 14.9. The molecule has 0 aromatic heterocycles. The van der Waals surface area contributed by atoms with Crippen molar-refractivity contribution in [1.82, 2.24) is 0 Å². The molecule has 138 valence electrons. The lowest BCUT2D eigenvalue weighted by molar-refractivity contribution is 0.115. The maximum Gasteiger partial charge on any atom is 0.162 e. The number of benzene rings is 1. The van der Waals surface area contributed by atoms with E-state index in [-0.39, 0.29) is 5.92 Å². The zero-order valence-corrected chi connectivity index (χ0v) is 15.8. The van der Waals surface area contributed by atoms with E-state index in [1.165, 1.54) is 32.1 Å². The topological polar surface area (TPSA) is 0 Å². The lowest BCUT2D eigenvalue weighted by Gasteiger charge is -2.42. The fraction of sp³-hybridized carbons (Fsp3) is 0.739. The van der Waals surface area contributed by atoms with Crippen LogP contribution in [0.1, 0.15) is 87.8 Å². The minimum Gasteiger partial charge on any atom is -0.203 e. The van der Waals surface area contributed by atoms with Crippen LogP contribution < -0.4 is 0 Å². The minimum atomic E-state index is -0.532. The highest BCUT2D eigenvalue weighted by Crippen LogP contribution is 2.49. The molecule has 2 heteroatoms. The minimum absolute atomic E-state index is 0.235. The van der Waals surface area contributed by atoms with Gasteiger partial charge in [-0.15, -0.1) is 0 Å². The second-order valence-electron chi connectivity index (χ2n) is 9.20. The molecule has 0 saturated heterocycles. The molecule has 0 bridgehead atoms. The molecule has 0 radical (unpaired) electrons. The van der Waals surface area contributed by atoms with Gasteiger partial charge < -0.3 is 0 Å². The van der Waals surface area contributed by atoms with Crippen LogP contribution in [0.5, 0.6) is 0 Å². The second-order valence-corrected chi connectivity index (χ2v) is 9.20. The molecule has 0 N–H and O–H groups in total. The second kappa shape index (κ2) is 7.00. The van der Waals surface area contributed by atoms with Crippen molar-refractivity contribution in [3.05, 3.63) is 34.4 Å². The van der Waals surface area contributed by atoms with E-state index in [0.29, 0.717) is 23.5 Å². The van der Waals surface area contributed by atoms with Crippen molar-refractivity contribution in [2.24, 2.45) is 23.7 Å². The zero-order valence-electron chi connectivity index (χ0n) is 15.8. The van der Waals surface area contributed by atoms with Crippen molar-refractivity contribution in [3.8, 4) is 0 Å². The number of fused-ring (bicyclic) bond motifs is 2. The Kier molecular flexibility index (Phi) is 4.90. The van der Waals surface area contributed by atoms with Gasteiger partial charge >= 0.3 is 0 Å². The molecular weight excluding hydrogens is 314 g/mol. The van der Waals surface area contributed by atoms with Gasteiger partial charge in [0.25, 0.3) is 0 Å². The number of hydrogen-bond donors (Lipinski definition) is 0. The molecule has 0 spiro atoms. The Bertz CT molecular complexity index is 635. The monoisotopic (exact) mass is 346 g/mol. The number of hydrogen-bond acceptors (Lipinski definition) is 0.